The largest absolute Gasteiger partial charge is 0.0882 e. The molecule has 0 fully saturated rings. The minimum absolute atomic E-state index is 0.724. The van der Waals surface area contributed by atoms with Crippen LogP contribution >= 0.6 is 0 Å². The van der Waals surface area contributed by atoms with E-state index in [1.807, 2.05) is 0 Å². The number of hydrogen-bond donors (Lipinski definition) is 0. The molecule has 3 unspecified atom stereocenters. The summed E-state index contributed by atoms with van der Waals surface area (Å²) in [6, 6.07) is 9.18. The molecule has 3 rings (SSSR count). The van der Waals surface area contributed by atoms with Crippen LogP contribution in [-0.4, -0.2) is 0 Å². The fourth-order valence-electron chi connectivity index (χ4n) is 3.89. The zero-order valence-electron chi connectivity index (χ0n) is 13.3. The average molecular weight is 280 g/mol. The van der Waals surface area contributed by atoms with E-state index in [0.29, 0.717) is 0 Å². The van der Waals surface area contributed by atoms with Crippen LogP contribution in [-0.2, 0) is 0 Å². The van der Waals surface area contributed by atoms with Gasteiger partial charge in [0, 0.05) is 0 Å². The van der Waals surface area contributed by atoms with Gasteiger partial charge in [-0.25, -0.2) is 0 Å². The highest BCUT2D eigenvalue weighted by Crippen LogP contribution is 2.36. The van der Waals surface area contributed by atoms with Crippen LogP contribution in [0.15, 0.2) is 48.6 Å². The molecule has 0 bridgehead atoms. The molecule has 0 N–H and O–H groups in total. The Morgan fingerprint density at radius 3 is 2.43 bits per heavy atom. The van der Waals surface area contributed by atoms with Crippen molar-refractivity contribution in [3.63, 3.8) is 0 Å². The molecule has 0 heteroatoms. The SMILES string of the molecule is Cc1ccc(C2CC=CC(C3C=CCCCC3)CC2)cc1. The highest BCUT2D eigenvalue weighted by atomic mass is 14.3. The molecule has 3 atom stereocenters. The molecular formula is C21H28. The molecule has 0 saturated carbocycles. The Morgan fingerprint density at radius 1 is 0.810 bits per heavy atom. The Kier molecular flexibility index (Phi) is 4.95. The summed E-state index contributed by atoms with van der Waals surface area (Å²) in [4.78, 5) is 0. The summed E-state index contributed by atoms with van der Waals surface area (Å²) < 4.78 is 0. The Balaban J connectivity index is 1.65. The summed E-state index contributed by atoms with van der Waals surface area (Å²) in [5, 5.41) is 0. The number of rotatable bonds is 2. The van der Waals surface area contributed by atoms with Crippen molar-refractivity contribution in [1.29, 1.82) is 0 Å². The van der Waals surface area contributed by atoms with Gasteiger partial charge in [0.1, 0.15) is 0 Å². The van der Waals surface area contributed by atoms with Gasteiger partial charge in [-0.2, -0.15) is 0 Å². The van der Waals surface area contributed by atoms with Gasteiger partial charge in [0.15, 0.2) is 0 Å². The zero-order valence-corrected chi connectivity index (χ0v) is 13.3. The predicted molar refractivity (Wildman–Crippen MR) is 91.5 cm³/mol. The lowest BCUT2D eigenvalue weighted by Crippen LogP contribution is -2.10. The van der Waals surface area contributed by atoms with Crippen molar-refractivity contribution in [3.8, 4) is 0 Å². The third kappa shape index (κ3) is 3.87. The van der Waals surface area contributed by atoms with Gasteiger partial charge in [0.05, 0.1) is 0 Å². The zero-order chi connectivity index (χ0) is 14.5. The van der Waals surface area contributed by atoms with E-state index >= 15 is 0 Å². The lowest BCUT2D eigenvalue weighted by atomic mass is 9.83. The number of aryl methyl sites for hydroxylation is 1. The first kappa shape index (κ1) is 14.6. The maximum absolute atomic E-state index is 2.52. The van der Waals surface area contributed by atoms with Crippen molar-refractivity contribution in [2.45, 2.75) is 57.8 Å². The molecule has 0 amide bonds. The molecular weight excluding hydrogens is 252 g/mol. The lowest BCUT2D eigenvalue weighted by molar-refractivity contribution is 0.398. The fraction of sp³-hybridized carbons (Fsp3) is 0.524. The molecule has 1 aromatic rings. The summed E-state index contributed by atoms with van der Waals surface area (Å²) in [6.45, 7) is 2.17. The van der Waals surface area contributed by atoms with Crippen molar-refractivity contribution >= 4 is 0 Å². The topological polar surface area (TPSA) is 0 Å². The highest BCUT2D eigenvalue weighted by Gasteiger charge is 2.22. The van der Waals surface area contributed by atoms with Gasteiger partial charge in [-0.3, -0.25) is 0 Å². The smallest absolute Gasteiger partial charge is 0.0127 e. The van der Waals surface area contributed by atoms with E-state index in [0.717, 1.165) is 17.8 Å². The van der Waals surface area contributed by atoms with E-state index in [1.165, 1.54) is 56.1 Å². The fourth-order valence-corrected chi connectivity index (χ4v) is 3.89. The van der Waals surface area contributed by atoms with Crippen molar-refractivity contribution < 1.29 is 0 Å². The van der Waals surface area contributed by atoms with Gasteiger partial charge in [-0.1, -0.05) is 60.6 Å². The van der Waals surface area contributed by atoms with Gasteiger partial charge >= 0.3 is 0 Å². The van der Waals surface area contributed by atoms with Gasteiger partial charge in [0.2, 0.25) is 0 Å². The second-order valence-corrected chi connectivity index (χ2v) is 6.89. The summed E-state index contributed by atoms with van der Waals surface area (Å²) in [6.07, 6.45) is 19.3. The third-order valence-corrected chi connectivity index (χ3v) is 5.29. The van der Waals surface area contributed by atoms with Crippen molar-refractivity contribution in [2.24, 2.45) is 11.8 Å². The van der Waals surface area contributed by atoms with Crippen LogP contribution < -0.4 is 0 Å². The van der Waals surface area contributed by atoms with Crippen LogP contribution in [0.4, 0.5) is 0 Å². The second kappa shape index (κ2) is 7.11. The van der Waals surface area contributed by atoms with Gasteiger partial charge in [-0.05, 0) is 68.8 Å². The maximum Gasteiger partial charge on any atom is -0.0127 e. The highest BCUT2D eigenvalue weighted by molar-refractivity contribution is 5.25. The quantitative estimate of drug-likeness (QED) is 0.567. The van der Waals surface area contributed by atoms with E-state index in [2.05, 4.69) is 55.5 Å². The Labute approximate surface area is 130 Å². The number of allylic oxidation sites excluding steroid dienone is 4. The van der Waals surface area contributed by atoms with Crippen molar-refractivity contribution in [2.75, 3.05) is 0 Å². The first-order chi connectivity index (χ1) is 10.3. The lowest BCUT2D eigenvalue weighted by Gasteiger charge is -2.21. The predicted octanol–water partition coefficient (Wildman–Crippen LogP) is 6.18. The van der Waals surface area contributed by atoms with E-state index in [1.54, 1.807) is 0 Å². The molecule has 112 valence electrons. The number of hydrogen-bond acceptors (Lipinski definition) is 0. The Bertz CT molecular complexity index is 491. The van der Waals surface area contributed by atoms with E-state index in [4.69, 9.17) is 0 Å². The normalized spacial score (nSPS) is 29.9. The molecule has 21 heavy (non-hydrogen) atoms. The first-order valence-electron chi connectivity index (χ1n) is 8.73. The maximum atomic E-state index is 2.52. The first-order valence-corrected chi connectivity index (χ1v) is 8.73. The van der Waals surface area contributed by atoms with Gasteiger partial charge < -0.3 is 0 Å². The molecule has 0 heterocycles. The van der Waals surface area contributed by atoms with Gasteiger partial charge in [-0.15, -0.1) is 0 Å². The van der Waals surface area contributed by atoms with Crippen LogP contribution in [0, 0.1) is 18.8 Å². The van der Waals surface area contributed by atoms with Crippen LogP contribution in [0.5, 0.6) is 0 Å². The summed E-state index contributed by atoms with van der Waals surface area (Å²) in [7, 11) is 0. The molecule has 0 spiro atoms. The van der Waals surface area contributed by atoms with Crippen LogP contribution in [0.2, 0.25) is 0 Å². The minimum Gasteiger partial charge on any atom is -0.0882 e. The number of benzene rings is 1. The Morgan fingerprint density at radius 2 is 1.57 bits per heavy atom. The monoisotopic (exact) mass is 280 g/mol. The van der Waals surface area contributed by atoms with Crippen molar-refractivity contribution in [1.82, 2.24) is 0 Å². The average Bonchev–Trinajstić information content (AvgIpc) is 2.90. The van der Waals surface area contributed by atoms with Gasteiger partial charge in [0.25, 0.3) is 0 Å². The van der Waals surface area contributed by atoms with Crippen LogP contribution in [0.3, 0.4) is 0 Å². The standard InChI is InChI=1S/C21H28/c1-17-11-13-21(14-12-17)20-10-6-9-19(15-16-20)18-7-4-2-3-5-8-18/h4,6-7,9,11-14,18-20H,2-3,5,8,10,15-16H2,1H3. The molecule has 2 aliphatic carbocycles. The third-order valence-electron chi connectivity index (χ3n) is 5.29. The van der Waals surface area contributed by atoms with Crippen molar-refractivity contribution in [3.05, 3.63) is 59.7 Å². The van der Waals surface area contributed by atoms with E-state index < -0.39 is 0 Å². The summed E-state index contributed by atoms with van der Waals surface area (Å²) in [5.74, 6) is 2.29. The molecule has 0 aromatic heterocycles. The summed E-state index contributed by atoms with van der Waals surface area (Å²) >= 11 is 0. The molecule has 0 radical (unpaired) electrons. The summed E-state index contributed by atoms with van der Waals surface area (Å²) in [5.41, 5.74) is 2.90. The van der Waals surface area contributed by atoms with Crippen LogP contribution in [0.1, 0.15) is 62.0 Å². The van der Waals surface area contributed by atoms with E-state index in [-0.39, 0.29) is 0 Å². The minimum atomic E-state index is 0.724. The Hall–Kier alpha value is -1.30. The van der Waals surface area contributed by atoms with Crippen LogP contribution in [0.25, 0.3) is 0 Å². The van der Waals surface area contributed by atoms with E-state index in [9.17, 15) is 0 Å². The molecule has 0 saturated heterocycles. The second-order valence-electron chi connectivity index (χ2n) is 6.89. The molecule has 2 aliphatic rings. The molecule has 0 aliphatic heterocycles. The molecule has 0 nitrogen and oxygen atoms in total. The molecule has 1 aromatic carbocycles.